The van der Waals surface area contributed by atoms with Gasteiger partial charge < -0.3 is 5.11 Å². The van der Waals surface area contributed by atoms with Crippen LogP contribution in [0.2, 0.25) is 0 Å². The van der Waals surface area contributed by atoms with Crippen LogP contribution in [0.25, 0.3) is 0 Å². The van der Waals surface area contributed by atoms with Gasteiger partial charge in [0.15, 0.2) is 0 Å². The van der Waals surface area contributed by atoms with Crippen molar-refractivity contribution in [3.05, 3.63) is 52.1 Å². The van der Waals surface area contributed by atoms with Gasteiger partial charge in [-0.2, -0.15) is 5.10 Å². The molecule has 0 aliphatic carbocycles. The second-order valence-corrected chi connectivity index (χ2v) is 4.99. The summed E-state index contributed by atoms with van der Waals surface area (Å²) in [6, 6.07) is 4.50. The Bertz CT molecular complexity index is 604. The minimum atomic E-state index is -0.711. The highest BCUT2D eigenvalue weighted by Gasteiger charge is 2.17. The van der Waals surface area contributed by atoms with Crippen LogP contribution in [0, 0.1) is 26.6 Å². The van der Waals surface area contributed by atoms with Crippen molar-refractivity contribution in [1.29, 1.82) is 0 Å². The van der Waals surface area contributed by atoms with E-state index in [9.17, 15) is 9.50 Å². The molecule has 1 unspecified atom stereocenters. The Balaban J connectivity index is 2.30. The van der Waals surface area contributed by atoms with E-state index in [1.807, 2.05) is 27.8 Å². The second-order valence-electron chi connectivity index (χ2n) is 4.99. The van der Waals surface area contributed by atoms with E-state index in [1.165, 1.54) is 12.1 Å². The Morgan fingerprint density at radius 2 is 2.00 bits per heavy atom. The molecule has 3 nitrogen and oxygen atoms in total. The van der Waals surface area contributed by atoms with E-state index < -0.39 is 6.10 Å². The van der Waals surface area contributed by atoms with Gasteiger partial charge in [-0.05, 0) is 49.6 Å². The molecule has 0 saturated heterocycles. The molecule has 0 fully saturated rings. The van der Waals surface area contributed by atoms with E-state index in [2.05, 4.69) is 5.10 Å². The smallest absolute Gasteiger partial charge is 0.123 e. The van der Waals surface area contributed by atoms with Crippen LogP contribution in [-0.2, 0) is 13.5 Å². The topological polar surface area (TPSA) is 38.1 Å². The average molecular weight is 262 g/mol. The fourth-order valence-electron chi connectivity index (χ4n) is 2.39. The first kappa shape index (κ1) is 13.7. The lowest BCUT2D eigenvalue weighted by Gasteiger charge is -2.14. The Morgan fingerprint density at radius 3 is 2.58 bits per heavy atom. The molecule has 1 atom stereocenters. The van der Waals surface area contributed by atoms with Crippen LogP contribution < -0.4 is 0 Å². The fourth-order valence-corrected chi connectivity index (χ4v) is 2.39. The van der Waals surface area contributed by atoms with E-state index >= 15 is 0 Å². The van der Waals surface area contributed by atoms with E-state index in [0.29, 0.717) is 12.0 Å². The number of aliphatic hydroxyl groups is 1. The van der Waals surface area contributed by atoms with Gasteiger partial charge in [-0.3, -0.25) is 4.68 Å². The van der Waals surface area contributed by atoms with Gasteiger partial charge in [0.1, 0.15) is 5.82 Å². The molecular weight excluding hydrogens is 243 g/mol. The number of nitrogens with zero attached hydrogens (tertiary/aromatic N) is 2. The Kier molecular flexibility index (Phi) is 3.71. The van der Waals surface area contributed by atoms with Crippen molar-refractivity contribution < 1.29 is 9.50 Å². The van der Waals surface area contributed by atoms with Gasteiger partial charge >= 0.3 is 0 Å². The highest BCUT2D eigenvalue weighted by molar-refractivity contribution is 5.32. The lowest BCUT2D eigenvalue weighted by molar-refractivity contribution is 0.177. The molecule has 1 N–H and O–H groups in total. The third-order valence-corrected chi connectivity index (χ3v) is 3.66. The van der Waals surface area contributed by atoms with Crippen LogP contribution in [-0.4, -0.2) is 14.9 Å². The number of aliphatic hydroxyl groups excluding tert-OH is 1. The summed E-state index contributed by atoms with van der Waals surface area (Å²) >= 11 is 0. The Hall–Kier alpha value is -1.68. The van der Waals surface area contributed by atoms with Crippen LogP contribution in [0.3, 0.4) is 0 Å². The lowest BCUT2D eigenvalue weighted by atomic mass is 9.97. The third-order valence-electron chi connectivity index (χ3n) is 3.66. The molecule has 1 aromatic carbocycles. The van der Waals surface area contributed by atoms with Gasteiger partial charge in [-0.1, -0.05) is 6.07 Å². The first-order valence-electron chi connectivity index (χ1n) is 6.33. The SMILES string of the molecule is Cc1ccc(F)cc1C(O)Cc1c(C)nn(C)c1C. The van der Waals surface area contributed by atoms with Crippen molar-refractivity contribution in [1.82, 2.24) is 9.78 Å². The normalized spacial score (nSPS) is 12.7. The van der Waals surface area contributed by atoms with Crippen molar-refractivity contribution in [2.24, 2.45) is 7.05 Å². The molecule has 0 saturated carbocycles. The number of benzene rings is 1. The molecule has 1 aromatic heterocycles. The summed E-state index contributed by atoms with van der Waals surface area (Å²) in [6.45, 7) is 5.77. The van der Waals surface area contributed by atoms with Gasteiger partial charge in [-0.15, -0.1) is 0 Å². The molecule has 0 aliphatic heterocycles. The zero-order chi connectivity index (χ0) is 14.2. The number of halogens is 1. The van der Waals surface area contributed by atoms with Crippen molar-refractivity contribution >= 4 is 0 Å². The maximum absolute atomic E-state index is 13.3. The van der Waals surface area contributed by atoms with Gasteiger partial charge in [0.2, 0.25) is 0 Å². The molecule has 19 heavy (non-hydrogen) atoms. The van der Waals surface area contributed by atoms with Crippen molar-refractivity contribution in [2.45, 2.75) is 33.3 Å². The molecule has 4 heteroatoms. The average Bonchev–Trinajstić information content (AvgIpc) is 2.59. The fraction of sp³-hybridized carbons (Fsp3) is 0.400. The van der Waals surface area contributed by atoms with Crippen LogP contribution in [0.5, 0.6) is 0 Å². The summed E-state index contributed by atoms with van der Waals surface area (Å²) in [5.74, 6) is -0.320. The molecule has 0 radical (unpaired) electrons. The highest BCUT2D eigenvalue weighted by atomic mass is 19.1. The van der Waals surface area contributed by atoms with Crippen molar-refractivity contribution in [3.63, 3.8) is 0 Å². The summed E-state index contributed by atoms with van der Waals surface area (Å²) in [7, 11) is 1.88. The molecule has 0 bridgehead atoms. The largest absolute Gasteiger partial charge is 0.388 e. The summed E-state index contributed by atoms with van der Waals surface area (Å²) < 4.78 is 15.1. The summed E-state index contributed by atoms with van der Waals surface area (Å²) in [5, 5.41) is 14.7. The van der Waals surface area contributed by atoms with Gasteiger partial charge in [0.25, 0.3) is 0 Å². The van der Waals surface area contributed by atoms with Crippen LogP contribution in [0.15, 0.2) is 18.2 Å². The second kappa shape index (κ2) is 5.13. The first-order chi connectivity index (χ1) is 8.90. The molecule has 102 valence electrons. The van der Waals surface area contributed by atoms with Crippen molar-refractivity contribution in [3.8, 4) is 0 Å². The van der Waals surface area contributed by atoms with Gasteiger partial charge in [0, 0.05) is 19.2 Å². The van der Waals surface area contributed by atoms with Crippen LogP contribution >= 0.6 is 0 Å². The predicted octanol–water partition coefficient (Wildman–Crippen LogP) is 2.76. The Labute approximate surface area is 112 Å². The number of hydrogen-bond acceptors (Lipinski definition) is 2. The van der Waals surface area contributed by atoms with Crippen LogP contribution in [0.1, 0.15) is 34.2 Å². The minimum Gasteiger partial charge on any atom is -0.388 e. The quantitative estimate of drug-likeness (QED) is 0.923. The van der Waals surface area contributed by atoms with Crippen molar-refractivity contribution in [2.75, 3.05) is 0 Å². The summed E-state index contributed by atoms with van der Waals surface area (Å²) in [5.41, 5.74) is 4.51. The number of aryl methyl sites for hydroxylation is 3. The molecule has 0 amide bonds. The van der Waals surface area contributed by atoms with E-state index in [4.69, 9.17) is 0 Å². The minimum absolute atomic E-state index is 0.320. The molecule has 2 rings (SSSR count). The Morgan fingerprint density at radius 1 is 1.32 bits per heavy atom. The first-order valence-corrected chi connectivity index (χ1v) is 6.33. The lowest BCUT2D eigenvalue weighted by Crippen LogP contribution is -2.06. The predicted molar refractivity (Wildman–Crippen MR) is 72.5 cm³/mol. The van der Waals surface area contributed by atoms with E-state index in [0.717, 1.165) is 22.5 Å². The monoisotopic (exact) mass is 262 g/mol. The third kappa shape index (κ3) is 2.68. The standard InChI is InChI=1S/C15H19FN2O/c1-9-5-6-12(16)7-13(9)15(19)8-14-10(2)17-18(4)11(14)3/h5-7,15,19H,8H2,1-4H3. The zero-order valence-electron chi connectivity index (χ0n) is 11.7. The molecule has 2 aromatic rings. The summed E-state index contributed by atoms with van der Waals surface area (Å²) in [6.07, 6.45) is -0.257. The zero-order valence-corrected chi connectivity index (χ0v) is 11.7. The number of aromatic nitrogens is 2. The molecular formula is C15H19FN2O. The van der Waals surface area contributed by atoms with E-state index in [-0.39, 0.29) is 5.82 Å². The summed E-state index contributed by atoms with van der Waals surface area (Å²) in [4.78, 5) is 0. The maximum Gasteiger partial charge on any atom is 0.123 e. The van der Waals surface area contributed by atoms with Crippen LogP contribution in [0.4, 0.5) is 4.39 Å². The number of hydrogen-bond donors (Lipinski definition) is 1. The number of rotatable bonds is 3. The molecule has 0 aliphatic rings. The maximum atomic E-state index is 13.3. The molecule has 0 spiro atoms. The van der Waals surface area contributed by atoms with Gasteiger partial charge in [0.05, 0.1) is 11.8 Å². The molecule has 1 heterocycles. The highest BCUT2D eigenvalue weighted by Crippen LogP contribution is 2.25. The van der Waals surface area contributed by atoms with Gasteiger partial charge in [-0.25, -0.2) is 4.39 Å². The van der Waals surface area contributed by atoms with E-state index in [1.54, 1.807) is 10.7 Å².